The van der Waals surface area contributed by atoms with Crippen LogP contribution in [-0.2, 0) is 0 Å². The highest BCUT2D eigenvalue weighted by molar-refractivity contribution is 7.15. The van der Waals surface area contributed by atoms with Crippen LogP contribution < -0.4 is 10.2 Å². The Bertz CT molecular complexity index is 775. The minimum Gasteiger partial charge on any atom is -0.362 e. The minimum atomic E-state index is 0.0788. The Labute approximate surface area is 133 Å². The summed E-state index contributed by atoms with van der Waals surface area (Å²) in [5.41, 5.74) is 3.06. The Morgan fingerprint density at radius 1 is 1.23 bits per heavy atom. The minimum absolute atomic E-state index is 0.0788. The molecule has 1 atom stereocenters. The van der Waals surface area contributed by atoms with Crippen molar-refractivity contribution in [3.05, 3.63) is 34.7 Å². The van der Waals surface area contributed by atoms with E-state index in [0.717, 1.165) is 27.7 Å². The number of aryl methyl sites for hydroxylation is 1. The van der Waals surface area contributed by atoms with Gasteiger partial charge in [0.15, 0.2) is 4.96 Å². The van der Waals surface area contributed by atoms with Crippen LogP contribution in [0.2, 0.25) is 0 Å². The van der Waals surface area contributed by atoms with E-state index in [-0.39, 0.29) is 6.04 Å². The molecule has 1 N–H and O–H groups in total. The van der Waals surface area contributed by atoms with Gasteiger partial charge in [-0.15, -0.1) is 11.3 Å². The molecule has 0 aromatic carbocycles. The van der Waals surface area contributed by atoms with E-state index in [2.05, 4.69) is 33.4 Å². The fraction of sp³-hybridized carbons (Fsp3) is 0.400. The molecule has 3 rings (SSSR count). The van der Waals surface area contributed by atoms with E-state index in [1.54, 1.807) is 11.3 Å². The normalized spacial score (nSPS) is 12.6. The Morgan fingerprint density at radius 3 is 2.68 bits per heavy atom. The molecule has 3 heterocycles. The molecular weight excluding hydrogens is 296 g/mol. The van der Waals surface area contributed by atoms with Crippen LogP contribution >= 0.6 is 11.3 Å². The molecule has 3 aromatic rings. The third kappa shape index (κ3) is 2.64. The monoisotopic (exact) mass is 316 g/mol. The van der Waals surface area contributed by atoms with E-state index in [1.165, 1.54) is 0 Å². The van der Waals surface area contributed by atoms with E-state index >= 15 is 0 Å². The van der Waals surface area contributed by atoms with Gasteiger partial charge in [-0.2, -0.15) is 4.98 Å². The van der Waals surface area contributed by atoms with Gasteiger partial charge in [0, 0.05) is 43.1 Å². The highest BCUT2D eigenvalue weighted by atomic mass is 32.1. The van der Waals surface area contributed by atoms with E-state index < -0.39 is 0 Å². The van der Waals surface area contributed by atoms with Crippen LogP contribution in [0, 0.1) is 13.8 Å². The smallest absolute Gasteiger partial charge is 0.227 e. The summed E-state index contributed by atoms with van der Waals surface area (Å²) in [6.45, 7) is 6.14. The molecule has 0 fully saturated rings. The van der Waals surface area contributed by atoms with Gasteiger partial charge in [-0.1, -0.05) is 0 Å². The molecule has 0 radical (unpaired) electrons. The van der Waals surface area contributed by atoms with Crippen LogP contribution in [0.15, 0.2) is 17.8 Å². The maximum Gasteiger partial charge on any atom is 0.227 e. The van der Waals surface area contributed by atoms with Gasteiger partial charge in [0.25, 0.3) is 0 Å². The molecule has 116 valence electrons. The highest BCUT2D eigenvalue weighted by Gasteiger charge is 2.15. The van der Waals surface area contributed by atoms with E-state index in [0.29, 0.717) is 5.95 Å². The van der Waals surface area contributed by atoms with E-state index in [4.69, 9.17) is 0 Å². The summed E-state index contributed by atoms with van der Waals surface area (Å²) in [4.78, 5) is 16.7. The lowest BCUT2D eigenvalue weighted by Crippen LogP contribution is -2.17. The van der Waals surface area contributed by atoms with Gasteiger partial charge in [0.2, 0.25) is 5.95 Å². The highest BCUT2D eigenvalue weighted by Crippen LogP contribution is 2.24. The Hall–Kier alpha value is -2.15. The SMILES string of the molecule is Cc1nc(N(C)C)nc(N[C@H](C)c2cn3ccsc3n2)c1C. The summed E-state index contributed by atoms with van der Waals surface area (Å²) in [7, 11) is 3.89. The largest absolute Gasteiger partial charge is 0.362 e. The van der Waals surface area contributed by atoms with Crippen LogP contribution in [0.5, 0.6) is 0 Å². The molecule has 0 spiro atoms. The van der Waals surface area contributed by atoms with Crippen molar-refractivity contribution in [2.24, 2.45) is 0 Å². The lowest BCUT2D eigenvalue weighted by atomic mass is 10.2. The zero-order valence-corrected chi connectivity index (χ0v) is 14.3. The molecule has 0 aliphatic carbocycles. The molecule has 0 saturated carbocycles. The second-order valence-corrected chi connectivity index (χ2v) is 6.47. The molecule has 6 nitrogen and oxygen atoms in total. The molecule has 3 aromatic heterocycles. The lowest BCUT2D eigenvalue weighted by Gasteiger charge is -2.18. The fourth-order valence-corrected chi connectivity index (χ4v) is 2.89. The Morgan fingerprint density at radius 2 is 2.00 bits per heavy atom. The predicted molar refractivity (Wildman–Crippen MR) is 90.9 cm³/mol. The second kappa shape index (κ2) is 5.57. The topological polar surface area (TPSA) is 58.4 Å². The predicted octanol–water partition coefficient (Wildman–Crippen LogP) is 3.04. The molecule has 0 aliphatic rings. The Balaban J connectivity index is 1.89. The van der Waals surface area contributed by atoms with Crippen molar-refractivity contribution in [2.45, 2.75) is 26.8 Å². The van der Waals surface area contributed by atoms with Crippen molar-refractivity contribution in [3.63, 3.8) is 0 Å². The van der Waals surface area contributed by atoms with E-state index in [9.17, 15) is 0 Å². The van der Waals surface area contributed by atoms with Crippen molar-refractivity contribution >= 4 is 28.1 Å². The fourth-order valence-electron chi connectivity index (χ4n) is 2.19. The van der Waals surface area contributed by atoms with Crippen molar-refractivity contribution in [1.82, 2.24) is 19.4 Å². The molecular formula is C15H20N6S. The molecule has 0 aliphatic heterocycles. The van der Waals surface area contributed by atoms with Gasteiger partial charge in [-0.3, -0.25) is 4.40 Å². The summed E-state index contributed by atoms with van der Waals surface area (Å²) in [5.74, 6) is 1.57. The number of hydrogen-bond acceptors (Lipinski definition) is 6. The third-order valence-electron chi connectivity index (χ3n) is 3.69. The van der Waals surface area contributed by atoms with Crippen LogP contribution in [0.25, 0.3) is 4.96 Å². The number of hydrogen-bond donors (Lipinski definition) is 1. The van der Waals surface area contributed by atoms with E-state index in [1.807, 2.05) is 48.8 Å². The van der Waals surface area contributed by atoms with Gasteiger partial charge in [-0.05, 0) is 20.8 Å². The average Bonchev–Trinajstić information content (AvgIpc) is 3.04. The first-order chi connectivity index (χ1) is 10.5. The van der Waals surface area contributed by atoms with Crippen molar-refractivity contribution in [1.29, 1.82) is 0 Å². The molecule has 22 heavy (non-hydrogen) atoms. The zero-order chi connectivity index (χ0) is 15.9. The molecule has 0 bridgehead atoms. The number of aromatic nitrogens is 4. The van der Waals surface area contributed by atoms with Crippen LogP contribution in [0.1, 0.15) is 29.9 Å². The van der Waals surface area contributed by atoms with Gasteiger partial charge >= 0.3 is 0 Å². The summed E-state index contributed by atoms with van der Waals surface area (Å²) < 4.78 is 2.04. The van der Waals surface area contributed by atoms with Crippen molar-refractivity contribution < 1.29 is 0 Å². The Kier molecular flexibility index (Phi) is 3.74. The first-order valence-corrected chi connectivity index (χ1v) is 8.05. The average molecular weight is 316 g/mol. The summed E-state index contributed by atoms with van der Waals surface area (Å²) >= 11 is 1.64. The lowest BCUT2D eigenvalue weighted by molar-refractivity contribution is 0.833. The number of anilines is 2. The summed E-state index contributed by atoms with van der Waals surface area (Å²) in [6, 6.07) is 0.0788. The molecule has 0 amide bonds. The number of fused-ring (bicyclic) bond motifs is 1. The van der Waals surface area contributed by atoms with Crippen molar-refractivity contribution in [3.8, 4) is 0 Å². The van der Waals surface area contributed by atoms with Crippen LogP contribution in [0.3, 0.4) is 0 Å². The van der Waals surface area contributed by atoms with Gasteiger partial charge < -0.3 is 10.2 Å². The molecule has 0 saturated heterocycles. The first-order valence-electron chi connectivity index (χ1n) is 7.17. The van der Waals surface area contributed by atoms with Crippen molar-refractivity contribution in [2.75, 3.05) is 24.3 Å². The summed E-state index contributed by atoms with van der Waals surface area (Å²) in [6.07, 6.45) is 4.08. The van der Waals surface area contributed by atoms with Gasteiger partial charge in [-0.25, -0.2) is 9.97 Å². The number of imidazole rings is 1. The van der Waals surface area contributed by atoms with Gasteiger partial charge in [0.1, 0.15) is 5.82 Å². The van der Waals surface area contributed by atoms with Crippen LogP contribution in [-0.4, -0.2) is 33.4 Å². The first kappa shape index (κ1) is 14.8. The second-order valence-electron chi connectivity index (χ2n) is 5.60. The number of rotatable bonds is 4. The number of nitrogens with zero attached hydrogens (tertiary/aromatic N) is 5. The number of thiazole rings is 1. The quantitative estimate of drug-likeness (QED) is 0.802. The molecule has 0 unspecified atom stereocenters. The number of nitrogens with one attached hydrogen (secondary N) is 1. The van der Waals surface area contributed by atoms with Gasteiger partial charge in [0.05, 0.1) is 11.7 Å². The van der Waals surface area contributed by atoms with Crippen LogP contribution in [0.4, 0.5) is 11.8 Å². The maximum absolute atomic E-state index is 4.64. The molecule has 7 heteroatoms. The third-order valence-corrected chi connectivity index (χ3v) is 4.46. The summed E-state index contributed by atoms with van der Waals surface area (Å²) in [5, 5.41) is 5.50. The standard InChI is InChI=1S/C15H20N6S/c1-9-10(2)17-14(20(4)5)19-13(9)16-11(3)12-8-21-6-7-22-15(21)18-12/h6-8,11H,1-5H3,(H,16,17,19)/t11-/m1/s1. The maximum atomic E-state index is 4.64. The zero-order valence-electron chi connectivity index (χ0n) is 13.5.